The molecule has 0 spiro atoms. The molecule has 0 heterocycles. The van der Waals surface area contributed by atoms with Crippen LogP contribution in [0.5, 0.6) is 0 Å². The van der Waals surface area contributed by atoms with Crippen LogP contribution in [0.15, 0.2) is 22.7 Å². The summed E-state index contributed by atoms with van der Waals surface area (Å²) in [6.07, 6.45) is 2.40. The van der Waals surface area contributed by atoms with Crippen LogP contribution in [0.4, 0.5) is 0 Å². The first-order chi connectivity index (χ1) is 7.83. The summed E-state index contributed by atoms with van der Waals surface area (Å²) < 4.78 is 1.16. The van der Waals surface area contributed by atoms with E-state index in [1.165, 1.54) is 24.0 Å². The number of aryl methyl sites for hydroxylation is 1. The second kappa shape index (κ2) is 6.01. The van der Waals surface area contributed by atoms with E-state index >= 15 is 0 Å². The predicted molar refractivity (Wildman–Crippen MR) is 79.4 cm³/mol. The van der Waals surface area contributed by atoms with Crippen molar-refractivity contribution in [2.24, 2.45) is 5.41 Å². The highest BCUT2D eigenvalue weighted by Gasteiger charge is 2.17. The van der Waals surface area contributed by atoms with Gasteiger partial charge in [-0.2, -0.15) is 0 Å². The summed E-state index contributed by atoms with van der Waals surface area (Å²) >= 11 is 3.56. The third-order valence-electron chi connectivity index (χ3n) is 3.15. The first-order valence-corrected chi connectivity index (χ1v) is 7.06. The molecule has 0 aliphatic heterocycles. The van der Waals surface area contributed by atoms with Crippen molar-refractivity contribution in [3.8, 4) is 0 Å². The van der Waals surface area contributed by atoms with Gasteiger partial charge in [0.25, 0.3) is 0 Å². The molecule has 17 heavy (non-hydrogen) atoms. The minimum Gasteiger partial charge on any atom is -0.313 e. The molecule has 0 bridgehead atoms. The number of nitrogens with one attached hydrogen (secondary N) is 1. The topological polar surface area (TPSA) is 12.0 Å². The molecule has 1 N–H and O–H groups in total. The van der Waals surface area contributed by atoms with Crippen LogP contribution in [0.3, 0.4) is 0 Å². The molecule has 1 unspecified atom stereocenters. The summed E-state index contributed by atoms with van der Waals surface area (Å²) in [7, 11) is 2.05. The third kappa shape index (κ3) is 4.81. The molecule has 0 aliphatic rings. The van der Waals surface area contributed by atoms with Crippen LogP contribution in [0.25, 0.3) is 0 Å². The van der Waals surface area contributed by atoms with E-state index in [2.05, 4.69) is 67.1 Å². The molecule has 0 radical (unpaired) electrons. The molecule has 2 heteroatoms. The van der Waals surface area contributed by atoms with Crippen LogP contribution in [-0.2, 0) is 0 Å². The Morgan fingerprint density at radius 2 is 1.94 bits per heavy atom. The standard InChI is InChI=1S/C15H24BrN/c1-11-6-7-12(16)10-13(11)14(17-5)8-9-15(2,3)4/h6-7,10,14,17H,8-9H2,1-5H3. The molecular weight excluding hydrogens is 274 g/mol. The molecule has 96 valence electrons. The quantitative estimate of drug-likeness (QED) is 0.838. The zero-order valence-electron chi connectivity index (χ0n) is 11.6. The van der Waals surface area contributed by atoms with Crippen molar-refractivity contribution >= 4 is 15.9 Å². The minimum absolute atomic E-state index is 0.398. The Balaban J connectivity index is 2.82. The average molecular weight is 298 g/mol. The predicted octanol–water partition coefficient (Wildman–Crippen LogP) is 4.84. The van der Waals surface area contributed by atoms with Gasteiger partial charge in [-0.15, -0.1) is 0 Å². The van der Waals surface area contributed by atoms with Gasteiger partial charge in [0.05, 0.1) is 0 Å². The van der Waals surface area contributed by atoms with Gasteiger partial charge in [-0.3, -0.25) is 0 Å². The number of hydrogen-bond donors (Lipinski definition) is 1. The van der Waals surface area contributed by atoms with Crippen LogP contribution < -0.4 is 5.32 Å². The Morgan fingerprint density at radius 3 is 2.47 bits per heavy atom. The Morgan fingerprint density at radius 1 is 1.29 bits per heavy atom. The molecule has 0 saturated carbocycles. The molecular formula is C15H24BrN. The zero-order chi connectivity index (χ0) is 13.1. The fourth-order valence-electron chi connectivity index (χ4n) is 2.02. The van der Waals surface area contributed by atoms with Crippen molar-refractivity contribution in [2.45, 2.75) is 46.6 Å². The second-order valence-corrected chi connectivity index (χ2v) is 6.86. The van der Waals surface area contributed by atoms with Gasteiger partial charge < -0.3 is 5.32 Å². The number of hydrogen-bond acceptors (Lipinski definition) is 1. The molecule has 1 nitrogen and oxygen atoms in total. The van der Waals surface area contributed by atoms with Crippen LogP contribution >= 0.6 is 15.9 Å². The number of rotatable bonds is 4. The van der Waals surface area contributed by atoms with Crippen molar-refractivity contribution in [3.05, 3.63) is 33.8 Å². The summed E-state index contributed by atoms with van der Waals surface area (Å²) in [6.45, 7) is 9.08. The summed E-state index contributed by atoms with van der Waals surface area (Å²) in [5.41, 5.74) is 3.17. The number of halogens is 1. The van der Waals surface area contributed by atoms with E-state index < -0.39 is 0 Å². The van der Waals surface area contributed by atoms with Crippen LogP contribution in [0.1, 0.15) is 50.8 Å². The Hall–Kier alpha value is -0.340. The van der Waals surface area contributed by atoms with E-state index in [-0.39, 0.29) is 0 Å². The van der Waals surface area contributed by atoms with Gasteiger partial charge in [-0.1, -0.05) is 42.8 Å². The van der Waals surface area contributed by atoms with Crippen molar-refractivity contribution in [1.29, 1.82) is 0 Å². The maximum atomic E-state index is 3.56. The maximum absolute atomic E-state index is 3.56. The Kier molecular flexibility index (Phi) is 5.21. The highest BCUT2D eigenvalue weighted by molar-refractivity contribution is 9.10. The van der Waals surface area contributed by atoms with Gasteiger partial charge in [0.2, 0.25) is 0 Å². The summed E-state index contributed by atoms with van der Waals surface area (Å²) in [5.74, 6) is 0. The van der Waals surface area contributed by atoms with Gasteiger partial charge in [-0.05, 0) is 55.5 Å². The van der Waals surface area contributed by atoms with Crippen molar-refractivity contribution in [3.63, 3.8) is 0 Å². The second-order valence-electron chi connectivity index (χ2n) is 5.94. The van der Waals surface area contributed by atoms with Gasteiger partial charge in [0, 0.05) is 10.5 Å². The first kappa shape index (κ1) is 14.7. The number of benzene rings is 1. The molecule has 1 aromatic rings. The maximum Gasteiger partial charge on any atom is 0.0320 e. The lowest BCUT2D eigenvalue weighted by Gasteiger charge is -2.24. The van der Waals surface area contributed by atoms with Gasteiger partial charge in [0.1, 0.15) is 0 Å². The monoisotopic (exact) mass is 297 g/mol. The van der Waals surface area contributed by atoms with Crippen molar-refractivity contribution in [2.75, 3.05) is 7.05 Å². The van der Waals surface area contributed by atoms with E-state index in [1.807, 2.05) is 7.05 Å². The largest absolute Gasteiger partial charge is 0.313 e. The Bertz CT molecular complexity index is 366. The SMILES string of the molecule is CNC(CCC(C)(C)C)c1cc(Br)ccc1C. The molecule has 0 fully saturated rings. The molecule has 1 atom stereocenters. The molecule has 1 rings (SSSR count). The molecule has 0 amide bonds. The fraction of sp³-hybridized carbons (Fsp3) is 0.600. The smallest absolute Gasteiger partial charge is 0.0320 e. The van der Waals surface area contributed by atoms with Gasteiger partial charge in [-0.25, -0.2) is 0 Å². The van der Waals surface area contributed by atoms with Crippen molar-refractivity contribution in [1.82, 2.24) is 5.32 Å². The van der Waals surface area contributed by atoms with Crippen molar-refractivity contribution < 1.29 is 0 Å². The zero-order valence-corrected chi connectivity index (χ0v) is 13.2. The van der Waals surface area contributed by atoms with E-state index in [0.29, 0.717) is 11.5 Å². The fourth-order valence-corrected chi connectivity index (χ4v) is 2.40. The van der Waals surface area contributed by atoms with E-state index in [1.54, 1.807) is 0 Å². The first-order valence-electron chi connectivity index (χ1n) is 6.27. The van der Waals surface area contributed by atoms with E-state index in [0.717, 1.165) is 4.47 Å². The molecule has 0 aromatic heterocycles. The normalized spacial score (nSPS) is 13.8. The van der Waals surface area contributed by atoms with E-state index in [9.17, 15) is 0 Å². The van der Waals surface area contributed by atoms with Gasteiger partial charge in [0.15, 0.2) is 0 Å². The summed E-state index contributed by atoms with van der Waals surface area (Å²) in [6, 6.07) is 6.97. The Labute approximate surface area is 114 Å². The highest BCUT2D eigenvalue weighted by Crippen LogP contribution is 2.30. The molecule has 1 aromatic carbocycles. The van der Waals surface area contributed by atoms with Crippen LogP contribution in [0, 0.1) is 12.3 Å². The summed E-state index contributed by atoms with van der Waals surface area (Å²) in [5, 5.41) is 3.44. The van der Waals surface area contributed by atoms with E-state index in [4.69, 9.17) is 0 Å². The minimum atomic E-state index is 0.398. The lowest BCUT2D eigenvalue weighted by molar-refractivity contribution is 0.337. The lowest BCUT2D eigenvalue weighted by Crippen LogP contribution is -2.19. The lowest BCUT2D eigenvalue weighted by atomic mass is 9.86. The highest BCUT2D eigenvalue weighted by atomic mass is 79.9. The van der Waals surface area contributed by atoms with Gasteiger partial charge >= 0.3 is 0 Å². The third-order valence-corrected chi connectivity index (χ3v) is 3.64. The van der Waals surface area contributed by atoms with Crippen LogP contribution in [0.2, 0.25) is 0 Å². The van der Waals surface area contributed by atoms with Crippen LogP contribution in [-0.4, -0.2) is 7.05 Å². The summed E-state index contributed by atoms with van der Waals surface area (Å²) in [4.78, 5) is 0. The molecule has 0 saturated heterocycles. The molecule has 0 aliphatic carbocycles. The average Bonchev–Trinajstić information content (AvgIpc) is 2.22.